The highest BCUT2D eigenvalue weighted by Crippen LogP contribution is 2.08. The molecule has 5 heteroatoms. The molecule has 0 atom stereocenters. The minimum Gasteiger partial charge on any atom is -0.383 e. The molecule has 0 aromatic heterocycles. The van der Waals surface area contributed by atoms with E-state index >= 15 is 0 Å². The molecule has 1 rings (SSSR count). The van der Waals surface area contributed by atoms with Crippen molar-refractivity contribution >= 4 is 5.91 Å². The van der Waals surface area contributed by atoms with Crippen molar-refractivity contribution in [3.63, 3.8) is 0 Å². The Morgan fingerprint density at radius 1 is 1.39 bits per heavy atom. The summed E-state index contributed by atoms with van der Waals surface area (Å²) in [5.74, 6) is 0.0561. The fourth-order valence-electron chi connectivity index (χ4n) is 2.09. The van der Waals surface area contributed by atoms with E-state index < -0.39 is 0 Å². The van der Waals surface area contributed by atoms with E-state index in [0.717, 1.165) is 25.9 Å². The molecule has 1 aliphatic heterocycles. The van der Waals surface area contributed by atoms with Gasteiger partial charge in [-0.2, -0.15) is 0 Å². The summed E-state index contributed by atoms with van der Waals surface area (Å²) in [5.41, 5.74) is 0. The van der Waals surface area contributed by atoms with Gasteiger partial charge < -0.3 is 19.7 Å². The lowest BCUT2D eigenvalue weighted by atomic mass is 10.1. The summed E-state index contributed by atoms with van der Waals surface area (Å²) in [6, 6.07) is 0.185. The van der Waals surface area contributed by atoms with Crippen molar-refractivity contribution in [2.45, 2.75) is 38.8 Å². The average molecular weight is 258 g/mol. The van der Waals surface area contributed by atoms with Crippen molar-refractivity contribution < 1.29 is 14.3 Å². The van der Waals surface area contributed by atoms with Gasteiger partial charge in [-0.3, -0.25) is 4.79 Å². The zero-order valence-electron chi connectivity index (χ0n) is 11.8. The first-order valence-corrected chi connectivity index (χ1v) is 6.76. The van der Waals surface area contributed by atoms with Crippen LogP contribution >= 0.6 is 0 Å². The Bertz CT molecular complexity index is 240. The lowest BCUT2D eigenvalue weighted by molar-refractivity contribution is -0.141. The Labute approximate surface area is 110 Å². The molecule has 1 amide bonds. The third-order valence-corrected chi connectivity index (χ3v) is 3.21. The van der Waals surface area contributed by atoms with E-state index in [0.29, 0.717) is 13.2 Å². The van der Waals surface area contributed by atoms with E-state index in [2.05, 4.69) is 5.32 Å². The Kier molecular flexibility index (Phi) is 7.23. The van der Waals surface area contributed by atoms with E-state index in [1.165, 1.54) is 0 Å². The molecule has 0 aromatic rings. The Morgan fingerprint density at radius 2 is 2.06 bits per heavy atom. The predicted molar refractivity (Wildman–Crippen MR) is 70.6 cm³/mol. The van der Waals surface area contributed by atoms with Crippen molar-refractivity contribution in [1.82, 2.24) is 10.2 Å². The zero-order chi connectivity index (χ0) is 13.4. The third-order valence-electron chi connectivity index (χ3n) is 3.21. The summed E-state index contributed by atoms with van der Waals surface area (Å²) >= 11 is 0. The largest absolute Gasteiger partial charge is 0.383 e. The number of amides is 1. The maximum absolute atomic E-state index is 12.1. The fraction of sp³-hybridized carbons (Fsp3) is 0.923. The smallest absolute Gasteiger partial charge is 0.248 e. The Balaban J connectivity index is 2.31. The molecule has 1 aliphatic rings. The Morgan fingerprint density at radius 3 is 2.61 bits per heavy atom. The second-order valence-electron chi connectivity index (χ2n) is 4.93. The molecule has 0 spiro atoms. The lowest BCUT2D eigenvalue weighted by Crippen LogP contribution is -2.42. The maximum atomic E-state index is 12.1. The summed E-state index contributed by atoms with van der Waals surface area (Å²) < 4.78 is 10.7. The normalized spacial score (nSPS) is 17.1. The van der Waals surface area contributed by atoms with E-state index in [4.69, 9.17) is 9.47 Å². The molecule has 1 N–H and O–H groups in total. The van der Waals surface area contributed by atoms with Crippen molar-refractivity contribution in [3.05, 3.63) is 0 Å². The van der Waals surface area contributed by atoms with Gasteiger partial charge in [0, 0.05) is 19.7 Å². The molecular weight excluding hydrogens is 232 g/mol. The van der Waals surface area contributed by atoms with Crippen LogP contribution in [0.3, 0.4) is 0 Å². The number of methoxy groups -OCH3 is 1. The summed E-state index contributed by atoms with van der Waals surface area (Å²) in [6.45, 7) is 7.37. The summed E-state index contributed by atoms with van der Waals surface area (Å²) in [5, 5.41) is 3.28. The molecule has 1 saturated heterocycles. The van der Waals surface area contributed by atoms with E-state index in [1.807, 2.05) is 18.7 Å². The first kappa shape index (κ1) is 15.4. The monoisotopic (exact) mass is 258 g/mol. The van der Waals surface area contributed by atoms with Crippen LogP contribution in [-0.4, -0.2) is 62.9 Å². The number of ether oxygens (including phenoxy) is 2. The quantitative estimate of drug-likeness (QED) is 0.728. The van der Waals surface area contributed by atoms with Gasteiger partial charge in [0.25, 0.3) is 0 Å². The molecule has 5 nitrogen and oxygen atoms in total. The predicted octanol–water partition coefficient (Wildman–Crippen LogP) is 0.638. The first-order valence-electron chi connectivity index (χ1n) is 6.76. The molecule has 0 radical (unpaired) electrons. The average Bonchev–Trinajstić information content (AvgIpc) is 2.37. The highest BCUT2D eigenvalue weighted by atomic mass is 16.5. The van der Waals surface area contributed by atoms with E-state index in [9.17, 15) is 4.79 Å². The van der Waals surface area contributed by atoms with Gasteiger partial charge in [0.15, 0.2) is 0 Å². The summed E-state index contributed by atoms with van der Waals surface area (Å²) in [7, 11) is 1.65. The summed E-state index contributed by atoms with van der Waals surface area (Å²) in [4.78, 5) is 13.9. The molecule has 106 valence electrons. The number of rotatable bonds is 7. The van der Waals surface area contributed by atoms with Crippen molar-refractivity contribution in [2.24, 2.45) is 0 Å². The van der Waals surface area contributed by atoms with Gasteiger partial charge in [0.2, 0.25) is 5.91 Å². The standard InChI is InChI=1S/C13H26N2O3/c1-11(2)15(8-9-17-3)13(16)10-18-12-4-6-14-7-5-12/h11-12,14H,4-10H2,1-3H3. The SMILES string of the molecule is COCCN(C(=O)COC1CCNCC1)C(C)C. The van der Waals surface area contributed by atoms with Gasteiger partial charge in [0.05, 0.1) is 12.7 Å². The van der Waals surface area contributed by atoms with Crippen LogP contribution in [0.25, 0.3) is 0 Å². The van der Waals surface area contributed by atoms with Gasteiger partial charge in [-0.1, -0.05) is 0 Å². The highest BCUT2D eigenvalue weighted by Gasteiger charge is 2.19. The van der Waals surface area contributed by atoms with E-state index in [-0.39, 0.29) is 24.7 Å². The molecule has 0 aromatic carbocycles. The van der Waals surface area contributed by atoms with Gasteiger partial charge in [-0.15, -0.1) is 0 Å². The Hall–Kier alpha value is -0.650. The number of hydrogen-bond donors (Lipinski definition) is 1. The van der Waals surface area contributed by atoms with Crippen LogP contribution in [0.15, 0.2) is 0 Å². The highest BCUT2D eigenvalue weighted by molar-refractivity contribution is 5.77. The number of carbonyl (C=O) groups is 1. The molecule has 1 heterocycles. The number of nitrogens with one attached hydrogen (secondary N) is 1. The molecule has 0 saturated carbocycles. The van der Waals surface area contributed by atoms with Crippen molar-refractivity contribution in [1.29, 1.82) is 0 Å². The topological polar surface area (TPSA) is 50.8 Å². The van der Waals surface area contributed by atoms with Crippen LogP contribution in [0, 0.1) is 0 Å². The molecule has 0 aliphatic carbocycles. The van der Waals surface area contributed by atoms with Crippen molar-refractivity contribution in [2.75, 3.05) is 40.0 Å². The maximum Gasteiger partial charge on any atom is 0.248 e. The second-order valence-corrected chi connectivity index (χ2v) is 4.93. The lowest BCUT2D eigenvalue weighted by Gasteiger charge is -2.28. The van der Waals surface area contributed by atoms with E-state index in [1.54, 1.807) is 7.11 Å². The van der Waals surface area contributed by atoms with Gasteiger partial charge in [0.1, 0.15) is 6.61 Å². The summed E-state index contributed by atoms with van der Waals surface area (Å²) in [6.07, 6.45) is 2.21. The molecule has 0 unspecified atom stereocenters. The van der Waals surface area contributed by atoms with Crippen molar-refractivity contribution in [3.8, 4) is 0 Å². The number of piperidine rings is 1. The number of nitrogens with zero attached hydrogens (tertiary/aromatic N) is 1. The van der Waals surface area contributed by atoms with Crippen LogP contribution in [-0.2, 0) is 14.3 Å². The first-order chi connectivity index (χ1) is 8.65. The van der Waals surface area contributed by atoms with Crippen LogP contribution in [0.2, 0.25) is 0 Å². The molecule has 18 heavy (non-hydrogen) atoms. The van der Waals surface area contributed by atoms with Crippen LogP contribution in [0.1, 0.15) is 26.7 Å². The van der Waals surface area contributed by atoms with Crippen LogP contribution in [0.5, 0.6) is 0 Å². The minimum absolute atomic E-state index is 0.0561. The number of carbonyl (C=O) groups excluding carboxylic acids is 1. The van der Waals surface area contributed by atoms with Gasteiger partial charge in [-0.05, 0) is 39.8 Å². The number of hydrogen-bond acceptors (Lipinski definition) is 4. The van der Waals surface area contributed by atoms with Gasteiger partial charge in [-0.25, -0.2) is 0 Å². The molecular formula is C13H26N2O3. The second kappa shape index (κ2) is 8.45. The van der Waals surface area contributed by atoms with Crippen LogP contribution in [0.4, 0.5) is 0 Å². The van der Waals surface area contributed by atoms with Crippen LogP contribution < -0.4 is 5.32 Å². The molecule has 1 fully saturated rings. The fourth-order valence-corrected chi connectivity index (χ4v) is 2.09. The van der Waals surface area contributed by atoms with Gasteiger partial charge >= 0.3 is 0 Å². The third kappa shape index (κ3) is 5.33. The molecule has 0 bridgehead atoms. The minimum atomic E-state index is 0.0561. The zero-order valence-corrected chi connectivity index (χ0v) is 11.8.